The second kappa shape index (κ2) is 9.81. The minimum atomic E-state index is -0.661. The fourth-order valence-electron chi connectivity index (χ4n) is 3.25. The first-order chi connectivity index (χ1) is 16.8. The maximum Gasteiger partial charge on any atom is 0.433 e. The number of nitro groups is 1. The number of benzene rings is 2. The van der Waals surface area contributed by atoms with E-state index in [9.17, 15) is 14.9 Å². The van der Waals surface area contributed by atoms with Crippen molar-refractivity contribution in [1.82, 2.24) is 4.98 Å². The Morgan fingerprint density at radius 3 is 2.43 bits per heavy atom. The van der Waals surface area contributed by atoms with Gasteiger partial charge in [0.1, 0.15) is 4.92 Å². The number of methoxy groups -OCH3 is 3. The molecule has 0 unspecified atom stereocenters. The van der Waals surface area contributed by atoms with E-state index in [1.165, 1.54) is 63.1 Å². The predicted octanol–water partition coefficient (Wildman–Crippen LogP) is 4.81. The summed E-state index contributed by atoms with van der Waals surface area (Å²) in [6.45, 7) is 1.96. The Labute approximate surface area is 203 Å². The van der Waals surface area contributed by atoms with Gasteiger partial charge in [0.2, 0.25) is 10.9 Å². The van der Waals surface area contributed by atoms with Gasteiger partial charge in [-0.15, -0.1) is 0 Å². The van der Waals surface area contributed by atoms with E-state index in [-0.39, 0.29) is 11.3 Å². The Bertz CT molecular complexity index is 1420. The first kappa shape index (κ1) is 23.7. The van der Waals surface area contributed by atoms with Crippen molar-refractivity contribution in [1.29, 1.82) is 0 Å². The van der Waals surface area contributed by atoms with Crippen LogP contribution in [-0.4, -0.2) is 43.4 Å². The molecular formula is C23H20N4O7S. The average Bonchev–Trinajstić information content (AvgIpc) is 3.50. The van der Waals surface area contributed by atoms with Crippen LogP contribution >= 0.6 is 11.3 Å². The van der Waals surface area contributed by atoms with Gasteiger partial charge in [0, 0.05) is 5.56 Å². The summed E-state index contributed by atoms with van der Waals surface area (Å²) in [6.07, 6.45) is 1.21. The summed E-state index contributed by atoms with van der Waals surface area (Å²) in [5.41, 5.74) is 1.93. The number of hydrazone groups is 1. The van der Waals surface area contributed by atoms with Crippen LogP contribution in [0.5, 0.6) is 17.2 Å². The average molecular weight is 497 g/mol. The van der Waals surface area contributed by atoms with Gasteiger partial charge in [0.15, 0.2) is 17.3 Å². The van der Waals surface area contributed by atoms with Gasteiger partial charge in [-0.1, -0.05) is 17.4 Å². The lowest BCUT2D eigenvalue weighted by Crippen LogP contribution is -2.25. The highest BCUT2D eigenvalue weighted by Crippen LogP contribution is 2.39. The van der Waals surface area contributed by atoms with Gasteiger partial charge in [-0.25, -0.2) is 4.98 Å². The molecule has 0 fully saturated rings. The molecule has 1 amide bonds. The number of thiazole rings is 1. The van der Waals surface area contributed by atoms with Crippen molar-refractivity contribution in [2.75, 3.05) is 26.3 Å². The number of hydrogen-bond acceptors (Lipinski definition) is 10. The Morgan fingerprint density at radius 1 is 1.11 bits per heavy atom. The summed E-state index contributed by atoms with van der Waals surface area (Å²) >= 11 is 1.27. The summed E-state index contributed by atoms with van der Waals surface area (Å²) in [6, 6.07) is 11.3. The van der Waals surface area contributed by atoms with Crippen LogP contribution < -0.4 is 19.2 Å². The zero-order chi connectivity index (χ0) is 25.1. The van der Waals surface area contributed by atoms with Crippen LogP contribution in [0.3, 0.4) is 0 Å². The van der Waals surface area contributed by atoms with E-state index in [0.29, 0.717) is 27.9 Å². The number of amides is 1. The number of fused-ring (bicyclic) bond motifs is 1. The smallest absolute Gasteiger partial charge is 0.433 e. The standard InChI is InChI=1S/C23H20N4O7S/c1-13-5-7-16-19(9-13)35-23(25-16)26(24-12-15-6-8-20(34-15)27(29)30)22(28)14-10-17(31-2)21(33-4)18(11-14)32-3/h5-12H,1-4H3/b24-12+. The lowest BCUT2D eigenvalue weighted by molar-refractivity contribution is -0.402. The van der Waals surface area contributed by atoms with Gasteiger partial charge < -0.3 is 18.6 Å². The van der Waals surface area contributed by atoms with Crippen LogP contribution in [-0.2, 0) is 0 Å². The van der Waals surface area contributed by atoms with Crippen molar-refractivity contribution in [3.8, 4) is 17.2 Å². The number of aromatic nitrogens is 1. The number of furan rings is 1. The summed E-state index contributed by atoms with van der Waals surface area (Å²) in [7, 11) is 4.35. The van der Waals surface area contributed by atoms with Crippen molar-refractivity contribution in [3.05, 3.63) is 69.5 Å². The molecule has 4 aromatic rings. The van der Waals surface area contributed by atoms with E-state index >= 15 is 0 Å². The number of carbonyl (C=O) groups excluding carboxylic acids is 1. The van der Waals surface area contributed by atoms with Crippen molar-refractivity contribution >= 4 is 44.7 Å². The van der Waals surface area contributed by atoms with E-state index in [1.807, 2.05) is 25.1 Å². The molecule has 0 spiro atoms. The summed E-state index contributed by atoms with van der Waals surface area (Å²) in [5, 5.41) is 16.6. The number of rotatable bonds is 8. The highest BCUT2D eigenvalue weighted by molar-refractivity contribution is 7.22. The molecule has 0 bridgehead atoms. The van der Waals surface area contributed by atoms with Crippen molar-refractivity contribution in [2.45, 2.75) is 6.92 Å². The minimum absolute atomic E-state index is 0.0938. The van der Waals surface area contributed by atoms with Crippen LogP contribution in [0.2, 0.25) is 0 Å². The van der Waals surface area contributed by atoms with E-state index < -0.39 is 16.7 Å². The molecule has 0 aliphatic carbocycles. The molecule has 0 aliphatic heterocycles. The summed E-state index contributed by atoms with van der Waals surface area (Å²) < 4.78 is 22.1. The Morgan fingerprint density at radius 2 is 1.83 bits per heavy atom. The molecule has 0 saturated heterocycles. The van der Waals surface area contributed by atoms with Gasteiger partial charge in [0.25, 0.3) is 5.91 Å². The second-order valence-electron chi connectivity index (χ2n) is 7.18. The lowest BCUT2D eigenvalue weighted by atomic mass is 10.1. The number of anilines is 1. The molecule has 2 aromatic heterocycles. The first-order valence-corrected chi connectivity index (χ1v) is 11.0. The van der Waals surface area contributed by atoms with E-state index in [4.69, 9.17) is 18.6 Å². The Kier molecular flexibility index (Phi) is 6.64. The lowest BCUT2D eigenvalue weighted by Gasteiger charge is -2.17. The first-order valence-electron chi connectivity index (χ1n) is 10.1. The predicted molar refractivity (Wildman–Crippen MR) is 130 cm³/mol. The van der Waals surface area contributed by atoms with Crippen LogP contribution in [0.25, 0.3) is 10.2 Å². The van der Waals surface area contributed by atoms with Crippen molar-refractivity contribution < 1.29 is 28.3 Å². The minimum Gasteiger partial charge on any atom is -0.493 e. The molecule has 11 nitrogen and oxygen atoms in total. The SMILES string of the molecule is COc1cc(C(=O)N(/N=C/c2ccc([N+](=O)[O-])o2)c2nc3ccc(C)cc3s2)cc(OC)c1OC. The van der Waals surface area contributed by atoms with Crippen LogP contribution in [0.1, 0.15) is 21.7 Å². The van der Waals surface area contributed by atoms with Crippen LogP contribution in [0.15, 0.2) is 52.0 Å². The zero-order valence-corrected chi connectivity index (χ0v) is 20.0. The highest BCUT2D eigenvalue weighted by Gasteiger charge is 2.25. The van der Waals surface area contributed by atoms with Crippen LogP contribution in [0, 0.1) is 17.0 Å². The molecule has 0 radical (unpaired) electrons. The highest BCUT2D eigenvalue weighted by atomic mass is 32.1. The molecule has 12 heteroatoms. The largest absolute Gasteiger partial charge is 0.493 e. The fraction of sp³-hybridized carbons (Fsp3) is 0.174. The van der Waals surface area contributed by atoms with Gasteiger partial charge in [-0.05, 0) is 42.8 Å². The number of nitrogens with zero attached hydrogens (tertiary/aromatic N) is 4. The second-order valence-corrected chi connectivity index (χ2v) is 8.19. The summed E-state index contributed by atoms with van der Waals surface area (Å²) in [4.78, 5) is 28.5. The van der Waals surface area contributed by atoms with Crippen LogP contribution in [0.4, 0.5) is 11.0 Å². The van der Waals surface area contributed by atoms with E-state index in [0.717, 1.165) is 15.3 Å². The molecule has 0 N–H and O–H groups in total. The topological polar surface area (TPSA) is 130 Å². The third-order valence-electron chi connectivity index (χ3n) is 4.91. The van der Waals surface area contributed by atoms with Crippen molar-refractivity contribution in [3.63, 3.8) is 0 Å². The van der Waals surface area contributed by atoms with Gasteiger partial charge >= 0.3 is 5.88 Å². The Balaban J connectivity index is 1.80. The third-order valence-corrected chi connectivity index (χ3v) is 5.90. The Hall–Kier alpha value is -4.45. The maximum atomic E-state index is 13.6. The molecule has 0 aliphatic rings. The monoisotopic (exact) mass is 496 g/mol. The molecule has 180 valence electrons. The van der Waals surface area contributed by atoms with E-state index in [1.54, 1.807) is 0 Å². The zero-order valence-electron chi connectivity index (χ0n) is 19.2. The summed E-state index contributed by atoms with van der Waals surface area (Å²) in [5.74, 6) is 0.0273. The molecule has 2 heterocycles. The normalized spacial score (nSPS) is 11.1. The molecular weight excluding hydrogens is 476 g/mol. The van der Waals surface area contributed by atoms with Gasteiger partial charge in [0.05, 0.1) is 43.8 Å². The third kappa shape index (κ3) is 4.77. The number of ether oxygens (including phenoxy) is 3. The molecule has 4 rings (SSSR count). The fourth-order valence-corrected chi connectivity index (χ4v) is 4.27. The molecule has 35 heavy (non-hydrogen) atoms. The van der Waals surface area contributed by atoms with Gasteiger partial charge in [-0.2, -0.15) is 10.1 Å². The number of hydrogen-bond donors (Lipinski definition) is 0. The quantitative estimate of drug-likeness (QED) is 0.193. The van der Waals surface area contributed by atoms with Crippen molar-refractivity contribution in [2.24, 2.45) is 5.10 Å². The number of carbonyl (C=O) groups is 1. The molecule has 0 atom stereocenters. The van der Waals surface area contributed by atoms with Gasteiger partial charge in [-0.3, -0.25) is 14.9 Å². The molecule has 2 aromatic carbocycles. The maximum absolute atomic E-state index is 13.6. The number of aryl methyl sites for hydroxylation is 1. The van der Waals surface area contributed by atoms with E-state index in [2.05, 4.69) is 10.1 Å². The molecule has 0 saturated carbocycles.